The highest BCUT2D eigenvalue weighted by molar-refractivity contribution is 7.99. The van der Waals surface area contributed by atoms with Gasteiger partial charge in [-0.1, -0.05) is 110 Å². The van der Waals surface area contributed by atoms with Gasteiger partial charge < -0.3 is 24.6 Å². The standard InChI is InChI=1S/C40H40N6O7S/c1-25-34(24-54-39-42-43-44-45(39)2)52-38(53-36(25)29-16-14-26(22-47)15-17-29)32-13-7-12-31(19-32)30-11-6-10-28(18-30)21-46-35(48)20-33(37(46)49)41-40(50)51-23-27-8-4-3-5-9-27/h3-19,25,33-34,36,38,47H,20-24H2,1-2H3,(H,41,50). The summed E-state index contributed by atoms with van der Waals surface area (Å²) in [7, 11) is 1.80. The van der Waals surface area contributed by atoms with Crippen molar-refractivity contribution < 1.29 is 33.7 Å². The molecule has 4 aromatic carbocycles. The van der Waals surface area contributed by atoms with Crippen molar-refractivity contribution in [2.24, 2.45) is 13.0 Å². The van der Waals surface area contributed by atoms with Crippen molar-refractivity contribution in [3.8, 4) is 11.1 Å². The van der Waals surface area contributed by atoms with Crippen LogP contribution in [0.1, 0.15) is 53.6 Å². The number of rotatable bonds is 12. The van der Waals surface area contributed by atoms with Crippen molar-refractivity contribution in [2.45, 2.75) is 62.8 Å². The van der Waals surface area contributed by atoms with Crippen LogP contribution in [0, 0.1) is 5.92 Å². The first-order valence-corrected chi connectivity index (χ1v) is 18.6. The maximum absolute atomic E-state index is 13.2. The molecule has 5 atom stereocenters. The molecule has 278 valence electrons. The molecule has 1 aromatic heterocycles. The van der Waals surface area contributed by atoms with Crippen LogP contribution in [-0.2, 0) is 50.6 Å². The number of aryl methyl sites for hydroxylation is 1. The lowest BCUT2D eigenvalue weighted by atomic mass is 9.91. The molecule has 0 saturated carbocycles. The molecule has 2 saturated heterocycles. The van der Waals surface area contributed by atoms with Gasteiger partial charge in [0.1, 0.15) is 12.6 Å². The average molecular weight is 749 g/mol. The first-order valence-electron chi connectivity index (χ1n) is 17.6. The number of tetrazole rings is 1. The molecule has 7 rings (SSSR count). The van der Waals surface area contributed by atoms with E-state index >= 15 is 0 Å². The van der Waals surface area contributed by atoms with Crippen LogP contribution in [-0.4, -0.2) is 66.0 Å². The summed E-state index contributed by atoms with van der Waals surface area (Å²) in [6.45, 7) is 2.18. The van der Waals surface area contributed by atoms with Crippen LogP contribution < -0.4 is 5.32 Å². The Labute approximate surface area is 316 Å². The Morgan fingerprint density at radius 1 is 0.907 bits per heavy atom. The molecule has 3 amide bonds. The maximum Gasteiger partial charge on any atom is 0.408 e. The first-order chi connectivity index (χ1) is 26.2. The topological polar surface area (TPSA) is 158 Å². The molecular formula is C40H40N6O7S. The molecule has 2 fully saturated rings. The number of amides is 3. The van der Waals surface area contributed by atoms with Gasteiger partial charge in [0.25, 0.3) is 5.91 Å². The smallest absolute Gasteiger partial charge is 0.408 e. The number of carbonyl (C=O) groups is 3. The minimum absolute atomic E-state index is 0.0134. The van der Waals surface area contributed by atoms with Gasteiger partial charge in [0.2, 0.25) is 11.1 Å². The van der Waals surface area contributed by atoms with Crippen molar-refractivity contribution in [1.82, 2.24) is 30.4 Å². The number of ether oxygens (including phenoxy) is 3. The number of aromatic nitrogens is 4. The largest absolute Gasteiger partial charge is 0.445 e. The molecule has 2 N–H and O–H groups in total. The second kappa shape index (κ2) is 16.7. The number of aliphatic hydroxyl groups excluding tert-OH is 1. The second-order valence-electron chi connectivity index (χ2n) is 13.3. The van der Waals surface area contributed by atoms with Crippen LogP contribution >= 0.6 is 11.8 Å². The van der Waals surface area contributed by atoms with Crippen LogP contribution in [0.3, 0.4) is 0 Å². The van der Waals surface area contributed by atoms with Gasteiger partial charge in [-0.3, -0.25) is 14.5 Å². The molecule has 0 bridgehead atoms. The number of thioether (sulfide) groups is 1. The highest BCUT2D eigenvalue weighted by atomic mass is 32.2. The number of carbonyl (C=O) groups excluding carboxylic acids is 3. The first kappa shape index (κ1) is 36.9. The van der Waals surface area contributed by atoms with Crippen molar-refractivity contribution in [2.75, 3.05) is 5.75 Å². The van der Waals surface area contributed by atoms with Gasteiger partial charge in [-0.05, 0) is 55.9 Å². The fraction of sp³-hybridized carbons (Fsp3) is 0.300. The van der Waals surface area contributed by atoms with Crippen LogP contribution in [0.25, 0.3) is 11.1 Å². The zero-order valence-electron chi connectivity index (χ0n) is 29.8. The van der Waals surface area contributed by atoms with E-state index in [1.54, 1.807) is 11.7 Å². The normalized spacial score (nSPS) is 21.3. The van der Waals surface area contributed by atoms with Gasteiger partial charge in [0.05, 0.1) is 31.8 Å². The Kier molecular flexibility index (Phi) is 11.4. The molecule has 14 heteroatoms. The number of aliphatic hydroxyl groups is 1. The summed E-state index contributed by atoms with van der Waals surface area (Å²) in [6, 6.07) is 31.6. The minimum Gasteiger partial charge on any atom is -0.445 e. The van der Waals surface area contributed by atoms with E-state index in [0.29, 0.717) is 10.9 Å². The summed E-state index contributed by atoms with van der Waals surface area (Å²) < 4.78 is 20.2. The lowest BCUT2D eigenvalue weighted by Gasteiger charge is -2.41. The number of imide groups is 1. The Hall–Kier alpha value is -5.41. The molecule has 54 heavy (non-hydrogen) atoms. The predicted octanol–water partition coefficient (Wildman–Crippen LogP) is 5.51. The third-order valence-electron chi connectivity index (χ3n) is 9.59. The van der Waals surface area contributed by atoms with Crippen LogP contribution in [0.2, 0.25) is 0 Å². The molecule has 5 aromatic rings. The van der Waals surface area contributed by atoms with Gasteiger partial charge in [-0.25, -0.2) is 9.48 Å². The van der Waals surface area contributed by atoms with E-state index in [9.17, 15) is 19.5 Å². The van der Waals surface area contributed by atoms with E-state index in [4.69, 9.17) is 14.2 Å². The molecule has 0 spiro atoms. The average Bonchev–Trinajstić information content (AvgIpc) is 3.73. The van der Waals surface area contributed by atoms with Gasteiger partial charge in [-0.15, -0.1) is 5.10 Å². The predicted molar refractivity (Wildman–Crippen MR) is 198 cm³/mol. The number of benzene rings is 4. The van der Waals surface area contributed by atoms with Crippen molar-refractivity contribution in [1.29, 1.82) is 0 Å². The Morgan fingerprint density at radius 2 is 1.65 bits per heavy atom. The number of hydrogen-bond acceptors (Lipinski definition) is 11. The number of alkyl carbamates (subject to hydrolysis) is 1. The zero-order valence-corrected chi connectivity index (χ0v) is 30.6. The third-order valence-corrected chi connectivity index (χ3v) is 10.7. The highest BCUT2D eigenvalue weighted by Gasteiger charge is 2.40. The quantitative estimate of drug-likeness (QED) is 0.123. The van der Waals surface area contributed by atoms with E-state index in [1.807, 2.05) is 103 Å². The summed E-state index contributed by atoms with van der Waals surface area (Å²) in [4.78, 5) is 39.8. The maximum atomic E-state index is 13.2. The molecule has 5 unspecified atom stereocenters. The van der Waals surface area contributed by atoms with Gasteiger partial charge in [0, 0.05) is 24.3 Å². The Morgan fingerprint density at radius 3 is 2.39 bits per heavy atom. The summed E-state index contributed by atoms with van der Waals surface area (Å²) in [6.07, 6.45) is -2.07. The summed E-state index contributed by atoms with van der Waals surface area (Å²) in [5.74, 6) is -0.263. The molecule has 2 aliphatic heterocycles. The molecule has 3 heterocycles. The summed E-state index contributed by atoms with van der Waals surface area (Å²) in [5, 5.41) is 24.6. The third kappa shape index (κ3) is 8.52. The highest BCUT2D eigenvalue weighted by Crippen LogP contribution is 2.43. The molecule has 2 aliphatic rings. The zero-order chi connectivity index (χ0) is 37.6. The van der Waals surface area contributed by atoms with E-state index < -0.39 is 24.3 Å². The van der Waals surface area contributed by atoms with E-state index in [1.165, 1.54) is 16.7 Å². The van der Waals surface area contributed by atoms with Crippen molar-refractivity contribution in [3.05, 3.63) is 131 Å². The monoisotopic (exact) mass is 748 g/mol. The Bertz CT molecular complexity index is 2100. The van der Waals surface area contributed by atoms with Gasteiger partial charge in [-0.2, -0.15) is 0 Å². The SMILES string of the molecule is CC1C(CSc2nnnn2C)OC(c2cccc(-c3cccc(CN4C(=O)CC(NC(=O)OCc5ccccc5)C4=O)c3)c2)OC1c1ccc(CO)cc1. The summed E-state index contributed by atoms with van der Waals surface area (Å²) in [5.41, 5.74) is 5.99. The number of hydrogen-bond donors (Lipinski definition) is 2. The van der Waals surface area contributed by atoms with Crippen molar-refractivity contribution >= 4 is 29.7 Å². The van der Waals surface area contributed by atoms with E-state index in [-0.39, 0.29) is 50.2 Å². The van der Waals surface area contributed by atoms with Crippen molar-refractivity contribution in [3.63, 3.8) is 0 Å². The number of nitrogens with zero attached hydrogens (tertiary/aromatic N) is 5. The fourth-order valence-corrected chi connectivity index (χ4v) is 7.59. The van der Waals surface area contributed by atoms with Gasteiger partial charge >= 0.3 is 6.09 Å². The summed E-state index contributed by atoms with van der Waals surface area (Å²) >= 11 is 1.52. The molecule has 0 radical (unpaired) electrons. The van der Waals surface area contributed by atoms with E-state index in [2.05, 4.69) is 27.8 Å². The van der Waals surface area contributed by atoms with E-state index in [0.717, 1.165) is 38.9 Å². The lowest BCUT2D eigenvalue weighted by Crippen LogP contribution is -2.41. The van der Waals surface area contributed by atoms with Crippen LogP contribution in [0.4, 0.5) is 4.79 Å². The lowest BCUT2D eigenvalue weighted by molar-refractivity contribution is -0.268. The van der Waals surface area contributed by atoms with Crippen LogP contribution in [0.5, 0.6) is 0 Å². The molecule has 0 aliphatic carbocycles. The fourth-order valence-electron chi connectivity index (χ4n) is 6.58. The second-order valence-corrected chi connectivity index (χ2v) is 14.3. The number of likely N-dealkylation sites (tertiary alicyclic amines) is 1. The minimum atomic E-state index is -0.991. The molecular weight excluding hydrogens is 709 g/mol. The Balaban J connectivity index is 1.05. The molecule has 13 nitrogen and oxygen atoms in total. The van der Waals surface area contributed by atoms with Gasteiger partial charge in [0.15, 0.2) is 6.29 Å². The van der Waals surface area contributed by atoms with Crippen LogP contribution in [0.15, 0.2) is 108 Å². The number of nitrogens with one attached hydrogen (secondary N) is 1.